The molecule has 2 heterocycles. The summed E-state index contributed by atoms with van der Waals surface area (Å²) < 4.78 is 87.1. The molecule has 0 aliphatic carbocycles. The molecule has 0 fully saturated rings. The standard InChI is InChI=1S/C24H27FN6O7S2/c1-30-12-11-17(28-30)23-26-27-24(31(23)22-18(36-2)7-6-8-19(22)37-3)29-40(34,35)14-20(38-4)16-10-9-15(25)13-21(16)39(5,32)33/h6-13,20H,14H2,1-5H3,(H,27,29). The number of rotatable bonds is 11. The zero-order chi connectivity index (χ0) is 29.2. The van der Waals surface area contributed by atoms with Gasteiger partial charge in [0.15, 0.2) is 15.7 Å². The second-order valence-corrected chi connectivity index (χ2v) is 12.4. The van der Waals surface area contributed by atoms with Crippen molar-refractivity contribution in [3.8, 4) is 28.7 Å². The Morgan fingerprint density at radius 3 is 2.23 bits per heavy atom. The predicted molar refractivity (Wildman–Crippen MR) is 143 cm³/mol. The summed E-state index contributed by atoms with van der Waals surface area (Å²) in [6, 6.07) is 9.70. The number of halogens is 1. The summed E-state index contributed by atoms with van der Waals surface area (Å²) in [5.74, 6) is -0.901. The monoisotopic (exact) mass is 594 g/mol. The van der Waals surface area contributed by atoms with Crippen LogP contribution in [0.5, 0.6) is 11.5 Å². The quantitative estimate of drug-likeness (QED) is 0.273. The minimum absolute atomic E-state index is 0.0150. The number of sulfonamides is 1. The van der Waals surface area contributed by atoms with Gasteiger partial charge < -0.3 is 14.2 Å². The van der Waals surface area contributed by atoms with Crippen LogP contribution in [0.4, 0.5) is 10.3 Å². The molecule has 16 heteroatoms. The highest BCUT2D eigenvalue weighted by molar-refractivity contribution is 7.92. The summed E-state index contributed by atoms with van der Waals surface area (Å²) >= 11 is 0. The van der Waals surface area contributed by atoms with E-state index in [-0.39, 0.29) is 22.2 Å². The van der Waals surface area contributed by atoms with E-state index < -0.39 is 37.5 Å². The van der Waals surface area contributed by atoms with Gasteiger partial charge in [0.25, 0.3) is 0 Å². The molecule has 2 aromatic carbocycles. The number of hydrogen-bond donors (Lipinski definition) is 1. The Balaban J connectivity index is 1.81. The molecular weight excluding hydrogens is 567 g/mol. The lowest BCUT2D eigenvalue weighted by Gasteiger charge is -2.20. The van der Waals surface area contributed by atoms with E-state index in [4.69, 9.17) is 14.2 Å². The topological polar surface area (TPSA) is 157 Å². The van der Waals surface area contributed by atoms with Gasteiger partial charge in [0.05, 0.1) is 31.0 Å². The van der Waals surface area contributed by atoms with Crippen LogP contribution in [0, 0.1) is 5.82 Å². The second-order valence-electron chi connectivity index (χ2n) is 8.63. The minimum atomic E-state index is -4.29. The molecule has 0 radical (unpaired) electrons. The lowest BCUT2D eigenvalue weighted by molar-refractivity contribution is 0.119. The lowest BCUT2D eigenvalue weighted by atomic mass is 10.1. The summed E-state index contributed by atoms with van der Waals surface area (Å²) in [6.07, 6.45) is 1.31. The van der Waals surface area contributed by atoms with Crippen LogP contribution in [0.15, 0.2) is 53.6 Å². The molecule has 4 rings (SSSR count). The van der Waals surface area contributed by atoms with Gasteiger partial charge in [0.2, 0.25) is 16.0 Å². The van der Waals surface area contributed by atoms with Crippen LogP contribution < -0.4 is 14.2 Å². The van der Waals surface area contributed by atoms with Crippen molar-refractivity contribution in [3.63, 3.8) is 0 Å². The van der Waals surface area contributed by atoms with Gasteiger partial charge in [-0.25, -0.2) is 21.2 Å². The van der Waals surface area contributed by atoms with Crippen molar-refractivity contribution in [2.75, 3.05) is 38.1 Å². The Morgan fingerprint density at radius 2 is 1.68 bits per heavy atom. The first-order chi connectivity index (χ1) is 18.9. The molecule has 0 aliphatic heterocycles. The third kappa shape index (κ3) is 5.93. The number of nitrogens with one attached hydrogen (secondary N) is 1. The molecule has 0 saturated heterocycles. The first-order valence-corrected chi connectivity index (χ1v) is 15.1. The van der Waals surface area contributed by atoms with Crippen molar-refractivity contribution in [1.82, 2.24) is 24.5 Å². The molecule has 0 aliphatic rings. The van der Waals surface area contributed by atoms with Crippen LogP contribution in [0.1, 0.15) is 11.7 Å². The molecule has 40 heavy (non-hydrogen) atoms. The fourth-order valence-electron chi connectivity index (χ4n) is 4.07. The average Bonchev–Trinajstić information content (AvgIpc) is 3.51. The Kier molecular flexibility index (Phi) is 8.13. The van der Waals surface area contributed by atoms with E-state index in [2.05, 4.69) is 20.0 Å². The summed E-state index contributed by atoms with van der Waals surface area (Å²) in [5, 5.41) is 12.6. The van der Waals surface area contributed by atoms with E-state index in [9.17, 15) is 21.2 Å². The molecule has 0 bridgehead atoms. The van der Waals surface area contributed by atoms with Crippen molar-refractivity contribution in [2.24, 2.45) is 7.05 Å². The summed E-state index contributed by atoms with van der Waals surface area (Å²) in [5.41, 5.74) is 0.670. The van der Waals surface area contributed by atoms with Crippen LogP contribution in [0.25, 0.3) is 17.2 Å². The number of sulfone groups is 1. The maximum atomic E-state index is 13.9. The van der Waals surface area contributed by atoms with E-state index in [1.165, 1.54) is 32.0 Å². The lowest BCUT2D eigenvalue weighted by Crippen LogP contribution is -2.25. The fourth-order valence-corrected chi connectivity index (χ4v) is 6.24. The summed E-state index contributed by atoms with van der Waals surface area (Å²) in [7, 11) is -2.39. The molecule has 4 aromatic rings. The third-order valence-electron chi connectivity index (χ3n) is 5.86. The number of hydrogen-bond acceptors (Lipinski definition) is 10. The number of aryl methyl sites for hydroxylation is 1. The Morgan fingerprint density at radius 1 is 1.00 bits per heavy atom. The number of benzene rings is 2. The Bertz CT molecular complexity index is 1730. The number of nitrogens with zero attached hydrogens (tertiary/aromatic N) is 5. The van der Waals surface area contributed by atoms with Crippen LogP contribution in [-0.4, -0.2) is 74.7 Å². The summed E-state index contributed by atoms with van der Waals surface area (Å²) in [6.45, 7) is 0. The van der Waals surface area contributed by atoms with Gasteiger partial charge in [-0.3, -0.25) is 14.0 Å². The van der Waals surface area contributed by atoms with Crippen LogP contribution in [0.3, 0.4) is 0 Å². The van der Waals surface area contributed by atoms with E-state index >= 15 is 0 Å². The largest absolute Gasteiger partial charge is 0.494 e. The average molecular weight is 595 g/mol. The molecule has 214 valence electrons. The molecule has 0 saturated carbocycles. The zero-order valence-electron chi connectivity index (χ0n) is 22.2. The van der Waals surface area contributed by atoms with Gasteiger partial charge in [-0.1, -0.05) is 12.1 Å². The van der Waals surface area contributed by atoms with E-state index in [1.54, 1.807) is 42.2 Å². The Hall–Kier alpha value is -4.02. The van der Waals surface area contributed by atoms with E-state index in [0.717, 1.165) is 18.4 Å². The summed E-state index contributed by atoms with van der Waals surface area (Å²) in [4.78, 5) is -0.381. The minimum Gasteiger partial charge on any atom is -0.494 e. The van der Waals surface area contributed by atoms with Gasteiger partial charge in [0, 0.05) is 32.2 Å². The van der Waals surface area contributed by atoms with Crippen LogP contribution >= 0.6 is 0 Å². The third-order valence-corrected chi connectivity index (χ3v) is 8.24. The number of aromatic nitrogens is 5. The van der Waals surface area contributed by atoms with Crippen molar-refractivity contribution in [3.05, 3.63) is 60.0 Å². The van der Waals surface area contributed by atoms with Gasteiger partial charge >= 0.3 is 0 Å². The highest BCUT2D eigenvalue weighted by Crippen LogP contribution is 2.37. The molecule has 13 nitrogen and oxygen atoms in total. The van der Waals surface area contributed by atoms with Crippen molar-refractivity contribution in [2.45, 2.75) is 11.0 Å². The van der Waals surface area contributed by atoms with Gasteiger partial charge in [0.1, 0.15) is 28.7 Å². The van der Waals surface area contributed by atoms with Crippen LogP contribution in [-0.2, 0) is 31.6 Å². The molecule has 0 amide bonds. The molecule has 2 aromatic heterocycles. The number of methoxy groups -OCH3 is 3. The highest BCUT2D eigenvalue weighted by atomic mass is 32.2. The maximum absolute atomic E-state index is 13.9. The predicted octanol–water partition coefficient (Wildman–Crippen LogP) is 2.36. The van der Waals surface area contributed by atoms with Gasteiger partial charge in [-0.05, 0) is 30.3 Å². The SMILES string of the molecule is COc1cccc(OC)c1-n1c(NS(=O)(=O)CC(OC)c2ccc(F)cc2S(C)(=O)=O)nnc1-c1ccn(C)n1. The first kappa shape index (κ1) is 29.0. The number of anilines is 1. The van der Waals surface area contributed by atoms with Crippen molar-refractivity contribution >= 4 is 25.8 Å². The van der Waals surface area contributed by atoms with Crippen molar-refractivity contribution in [1.29, 1.82) is 0 Å². The molecular formula is C24H27FN6O7S2. The van der Waals surface area contributed by atoms with E-state index in [0.29, 0.717) is 22.9 Å². The van der Waals surface area contributed by atoms with Crippen molar-refractivity contribution < 1.29 is 35.4 Å². The maximum Gasteiger partial charge on any atom is 0.243 e. The molecule has 1 N–H and O–H groups in total. The van der Waals surface area contributed by atoms with Gasteiger partial charge in [-0.15, -0.1) is 10.2 Å². The van der Waals surface area contributed by atoms with E-state index in [1.807, 2.05) is 0 Å². The normalized spacial score (nSPS) is 12.8. The molecule has 1 atom stereocenters. The fraction of sp³-hybridized carbons (Fsp3) is 0.292. The van der Waals surface area contributed by atoms with Crippen LogP contribution in [0.2, 0.25) is 0 Å². The first-order valence-electron chi connectivity index (χ1n) is 11.6. The zero-order valence-corrected chi connectivity index (χ0v) is 23.8. The Labute approximate surface area is 230 Å². The second kappa shape index (κ2) is 11.2. The molecule has 1 unspecified atom stereocenters. The molecule has 0 spiro atoms. The highest BCUT2D eigenvalue weighted by Gasteiger charge is 2.30. The smallest absolute Gasteiger partial charge is 0.243 e. The number of ether oxygens (including phenoxy) is 3. The number of para-hydroxylation sites is 1. The van der Waals surface area contributed by atoms with Gasteiger partial charge in [-0.2, -0.15) is 5.10 Å².